The van der Waals surface area contributed by atoms with Crippen LogP contribution in [0.1, 0.15) is 47.1 Å². The van der Waals surface area contributed by atoms with Gasteiger partial charge in [0.2, 0.25) is 5.91 Å². The lowest BCUT2D eigenvalue weighted by molar-refractivity contribution is -0.125. The molecule has 0 aliphatic carbocycles. The maximum Gasteiger partial charge on any atom is 0.240 e. The maximum atomic E-state index is 11.6. The largest absolute Gasteiger partial charge is 0.491 e. The van der Waals surface area contributed by atoms with E-state index in [0.29, 0.717) is 0 Å². The summed E-state index contributed by atoms with van der Waals surface area (Å²) in [5.41, 5.74) is 5.96. The second-order valence-corrected chi connectivity index (χ2v) is 7.06. The van der Waals surface area contributed by atoms with Crippen molar-refractivity contribution in [1.29, 1.82) is 0 Å². The van der Waals surface area contributed by atoms with Crippen molar-refractivity contribution in [2.75, 3.05) is 6.61 Å². The first kappa shape index (κ1) is 17.5. The Hall–Kier alpha value is -1.55. The molecule has 3 N–H and O–H groups in total. The molecule has 0 radical (unpaired) electrons. The number of primary amides is 1. The summed E-state index contributed by atoms with van der Waals surface area (Å²) in [6.45, 7) is 12.4. The summed E-state index contributed by atoms with van der Waals surface area (Å²) in [4.78, 5) is 11.6. The third-order valence-corrected chi connectivity index (χ3v) is 3.40. The summed E-state index contributed by atoms with van der Waals surface area (Å²) < 4.78 is 5.74. The van der Waals surface area contributed by atoms with E-state index in [1.54, 1.807) is 6.92 Å². The van der Waals surface area contributed by atoms with E-state index in [4.69, 9.17) is 10.5 Å². The van der Waals surface area contributed by atoms with Crippen LogP contribution in [0.2, 0.25) is 0 Å². The Bertz CT molecular complexity index is 475. The zero-order chi connectivity index (χ0) is 16.3. The molecule has 1 aromatic carbocycles. The van der Waals surface area contributed by atoms with Crippen LogP contribution < -0.4 is 15.8 Å². The predicted molar refractivity (Wildman–Crippen MR) is 86.5 cm³/mol. The summed E-state index contributed by atoms with van der Waals surface area (Å²) in [5, 5.41) is 3.16. The van der Waals surface area contributed by atoms with Crippen molar-refractivity contribution in [3.8, 4) is 5.75 Å². The molecule has 4 nitrogen and oxygen atoms in total. The topological polar surface area (TPSA) is 64.3 Å². The predicted octanol–water partition coefficient (Wildman–Crippen LogP) is 2.60. The lowest BCUT2D eigenvalue weighted by Crippen LogP contribution is -2.59. The van der Waals surface area contributed by atoms with Gasteiger partial charge in [-0.3, -0.25) is 10.1 Å². The number of benzene rings is 1. The molecule has 118 valence electrons. The Labute approximate surface area is 128 Å². The minimum absolute atomic E-state index is 0.111. The SMILES string of the molecule is CC(C)NC(C)(COc1ccc(C(C)(C)C)cc1)C(N)=O. The van der Waals surface area contributed by atoms with E-state index < -0.39 is 11.4 Å². The number of ether oxygens (including phenoxy) is 1. The van der Waals surface area contributed by atoms with Crippen LogP contribution in [0.15, 0.2) is 24.3 Å². The van der Waals surface area contributed by atoms with Crippen molar-refractivity contribution in [2.24, 2.45) is 5.73 Å². The Morgan fingerprint density at radius 1 is 1.19 bits per heavy atom. The Morgan fingerprint density at radius 3 is 2.10 bits per heavy atom. The summed E-state index contributed by atoms with van der Waals surface area (Å²) in [6.07, 6.45) is 0. The quantitative estimate of drug-likeness (QED) is 0.847. The summed E-state index contributed by atoms with van der Waals surface area (Å²) in [6, 6.07) is 8.10. The molecule has 0 spiro atoms. The van der Waals surface area contributed by atoms with Crippen LogP contribution in [0.25, 0.3) is 0 Å². The number of nitrogens with two attached hydrogens (primary N) is 1. The van der Waals surface area contributed by atoms with Crippen molar-refractivity contribution in [3.05, 3.63) is 29.8 Å². The molecule has 0 aliphatic heterocycles. The molecule has 1 atom stereocenters. The molecule has 1 amide bonds. The fourth-order valence-electron chi connectivity index (χ4n) is 2.10. The minimum atomic E-state index is -0.878. The molecule has 0 saturated heterocycles. The van der Waals surface area contributed by atoms with Crippen molar-refractivity contribution >= 4 is 5.91 Å². The van der Waals surface area contributed by atoms with Gasteiger partial charge in [-0.1, -0.05) is 32.9 Å². The second kappa shape index (κ2) is 6.48. The van der Waals surface area contributed by atoms with Crippen LogP contribution in [-0.2, 0) is 10.2 Å². The van der Waals surface area contributed by atoms with E-state index >= 15 is 0 Å². The molecule has 1 rings (SSSR count). The number of hydrogen-bond acceptors (Lipinski definition) is 3. The molecule has 0 fully saturated rings. The van der Waals surface area contributed by atoms with Crippen LogP contribution >= 0.6 is 0 Å². The van der Waals surface area contributed by atoms with E-state index in [1.807, 2.05) is 38.1 Å². The average molecular weight is 292 g/mol. The summed E-state index contributed by atoms with van der Waals surface area (Å²) in [7, 11) is 0. The zero-order valence-corrected chi connectivity index (χ0v) is 14.0. The number of amides is 1. The summed E-state index contributed by atoms with van der Waals surface area (Å²) in [5.74, 6) is 0.323. The molecule has 4 heteroatoms. The summed E-state index contributed by atoms with van der Waals surface area (Å²) >= 11 is 0. The van der Waals surface area contributed by atoms with Gasteiger partial charge < -0.3 is 10.5 Å². The van der Waals surface area contributed by atoms with Crippen molar-refractivity contribution in [1.82, 2.24) is 5.32 Å². The van der Waals surface area contributed by atoms with Gasteiger partial charge >= 0.3 is 0 Å². The number of hydrogen-bond donors (Lipinski definition) is 2. The van der Waals surface area contributed by atoms with Gasteiger partial charge in [0.15, 0.2) is 0 Å². The van der Waals surface area contributed by atoms with Gasteiger partial charge in [0.1, 0.15) is 17.9 Å². The third-order valence-electron chi connectivity index (χ3n) is 3.40. The van der Waals surface area contributed by atoms with Gasteiger partial charge in [-0.05, 0) is 43.9 Å². The van der Waals surface area contributed by atoms with Gasteiger partial charge in [0.05, 0.1) is 0 Å². The molecule has 0 aliphatic rings. The highest BCUT2D eigenvalue weighted by Gasteiger charge is 2.32. The van der Waals surface area contributed by atoms with E-state index in [0.717, 1.165) is 5.75 Å². The molecule has 21 heavy (non-hydrogen) atoms. The molecule has 0 heterocycles. The first-order valence-corrected chi connectivity index (χ1v) is 7.35. The zero-order valence-electron chi connectivity index (χ0n) is 14.0. The Kier molecular flexibility index (Phi) is 5.40. The fraction of sp³-hybridized carbons (Fsp3) is 0.588. The fourth-order valence-corrected chi connectivity index (χ4v) is 2.10. The number of carbonyl (C=O) groups is 1. The van der Waals surface area contributed by atoms with E-state index in [-0.39, 0.29) is 18.1 Å². The Morgan fingerprint density at radius 2 is 1.71 bits per heavy atom. The molecule has 0 bridgehead atoms. The lowest BCUT2D eigenvalue weighted by atomic mass is 9.87. The van der Waals surface area contributed by atoms with E-state index in [9.17, 15) is 4.79 Å². The van der Waals surface area contributed by atoms with Gasteiger partial charge in [-0.25, -0.2) is 0 Å². The molecule has 1 aromatic rings. The normalized spacial score (nSPS) is 14.8. The highest BCUT2D eigenvalue weighted by atomic mass is 16.5. The minimum Gasteiger partial charge on any atom is -0.491 e. The van der Waals surface area contributed by atoms with Gasteiger partial charge in [-0.15, -0.1) is 0 Å². The number of rotatable bonds is 6. The van der Waals surface area contributed by atoms with Gasteiger partial charge in [-0.2, -0.15) is 0 Å². The second-order valence-electron chi connectivity index (χ2n) is 7.06. The number of nitrogens with one attached hydrogen (secondary N) is 1. The van der Waals surface area contributed by atoms with Crippen LogP contribution in [-0.4, -0.2) is 24.1 Å². The van der Waals surface area contributed by atoms with Crippen molar-refractivity contribution in [3.63, 3.8) is 0 Å². The Balaban J connectivity index is 2.75. The third kappa shape index (κ3) is 5.05. The molecular weight excluding hydrogens is 264 g/mol. The van der Waals surface area contributed by atoms with Gasteiger partial charge in [0.25, 0.3) is 0 Å². The van der Waals surface area contributed by atoms with Crippen LogP contribution in [0.5, 0.6) is 5.75 Å². The van der Waals surface area contributed by atoms with Crippen molar-refractivity contribution < 1.29 is 9.53 Å². The monoisotopic (exact) mass is 292 g/mol. The van der Waals surface area contributed by atoms with Crippen molar-refractivity contribution in [2.45, 2.75) is 58.5 Å². The first-order valence-electron chi connectivity index (χ1n) is 7.35. The smallest absolute Gasteiger partial charge is 0.240 e. The van der Waals surface area contributed by atoms with Gasteiger partial charge in [0, 0.05) is 6.04 Å². The molecule has 1 unspecified atom stereocenters. The van der Waals surface area contributed by atoms with E-state index in [1.165, 1.54) is 5.56 Å². The molecule has 0 aromatic heterocycles. The van der Waals surface area contributed by atoms with E-state index in [2.05, 4.69) is 26.1 Å². The maximum absolute atomic E-state index is 11.6. The average Bonchev–Trinajstić information content (AvgIpc) is 2.35. The first-order chi connectivity index (χ1) is 9.54. The number of carbonyl (C=O) groups excluding carboxylic acids is 1. The standard InChI is InChI=1S/C17H28N2O2/c1-12(2)19-17(6,15(18)20)11-21-14-9-7-13(8-10-14)16(3,4)5/h7-10,12,19H,11H2,1-6H3,(H2,18,20). The van der Waals surface area contributed by atoms with Crippen LogP contribution in [0, 0.1) is 0 Å². The highest BCUT2D eigenvalue weighted by molar-refractivity contribution is 5.84. The lowest BCUT2D eigenvalue weighted by Gasteiger charge is -2.29. The molecular formula is C17H28N2O2. The van der Waals surface area contributed by atoms with Crippen LogP contribution in [0.4, 0.5) is 0 Å². The highest BCUT2D eigenvalue weighted by Crippen LogP contribution is 2.24. The molecule has 0 saturated carbocycles. The van der Waals surface area contributed by atoms with Crippen LogP contribution in [0.3, 0.4) is 0 Å².